The average Bonchev–Trinajstić information content (AvgIpc) is 2.66. The van der Waals surface area contributed by atoms with Gasteiger partial charge in [-0.1, -0.05) is 90.9 Å². The van der Waals surface area contributed by atoms with Crippen molar-refractivity contribution in [2.24, 2.45) is 0 Å². The number of hydrogen-bond acceptors (Lipinski definition) is 3. The molecule has 3 heteroatoms. The fourth-order valence-electron chi connectivity index (χ4n) is 3.78. The highest BCUT2D eigenvalue weighted by Gasteiger charge is 2.10. The first-order chi connectivity index (χ1) is 13.6. The Labute approximate surface area is 177 Å². The standard InChI is InChI=1S/C25H52N2O/c1-5-7-9-11-13-15-17-22-27(23-18-16-14-12-10-8-6-2)24-25(28)20-19-21-26(3)4/h5-24H2,1-4H3. The fourth-order valence-corrected chi connectivity index (χ4v) is 3.78. The summed E-state index contributed by atoms with van der Waals surface area (Å²) in [6.45, 7) is 8.47. The minimum Gasteiger partial charge on any atom is -0.309 e. The van der Waals surface area contributed by atoms with E-state index in [-0.39, 0.29) is 0 Å². The molecule has 0 heterocycles. The van der Waals surface area contributed by atoms with Crippen LogP contribution in [0.3, 0.4) is 0 Å². The van der Waals surface area contributed by atoms with Crippen LogP contribution in [0.15, 0.2) is 0 Å². The van der Waals surface area contributed by atoms with Crippen LogP contribution in [-0.4, -0.2) is 55.9 Å². The Kier molecular flexibility index (Phi) is 21.0. The highest BCUT2D eigenvalue weighted by Crippen LogP contribution is 2.10. The van der Waals surface area contributed by atoms with E-state index in [9.17, 15) is 4.79 Å². The molecule has 0 aromatic rings. The van der Waals surface area contributed by atoms with Crippen molar-refractivity contribution in [2.75, 3.05) is 40.3 Å². The number of Topliss-reactive ketones (excluding diaryl/α,β-unsaturated/α-hetero) is 1. The largest absolute Gasteiger partial charge is 0.309 e. The van der Waals surface area contributed by atoms with Gasteiger partial charge in [-0.3, -0.25) is 9.69 Å². The van der Waals surface area contributed by atoms with Gasteiger partial charge in [0.05, 0.1) is 6.54 Å². The molecule has 0 aromatic carbocycles. The van der Waals surface area contributed by atoms with Gasteiger partial charge in [-0.2, -0.15) is 0 Å². The average molecular weight is 397 g/mol. The van der Waals surface area contributed by atoms with E-state index in [1.54, 1.807) is 0 Å². The number of ketones is 1. The number of unbranched alkanes of at least 4 members (excludes halogenated alkanes) is 12. The van der Waals surface area contributed by atoms with Crippen LogP contribution in [0.4, 0.5) is 0 Å². The van der Waals surface area contributed by atoms with E-state index in [4.69, 9.17) is 0 Å². The van der Waals surface area contributed by atoms with Gasteiger partial charge in [0, 0.05) is 6.42 Å². The van der Waals surface area contributed by atoms with Gasteiger partial charge in [-0.05, 0) is 53.0 Å². The van der Waals surface area contributed by atoms with Crippen molar-refractivity contribution < 1.29 is 4.79 Å². The van der Waals surface area contributed by atoms with E-state index in [0.717, 1.165) is 32.5 Å². The second-order valence-corrected chi connectivity index (χ2v) is 8.96. The Morgan fingerprint density at radius 2 is 1.00 bits per heavy atom. The van der Waals surface area contributed by atoms with Crippen LogP contribution in [0.5, 0.6) is 0 Å². The summed E-state index contributed by atoms with van der Waals surface area (Å²) in [6.07, 6.45) is 20.6. The van der Waals surface area contributed by atoms with Gasteiger partial charge in [0.1, 0.15) is 5.78 Å². The van der Waals surface area contributed by atoms with Crippen molar-refractivity contribution in [3.63, 3.8) is 0 Å². The molecule has 0 saturated heterocycles. The molecule has 168 valence electrons. The topological polar surface area (TPSA) is 23.6 Å². The zero-order chi connectivity index (χ0) is 20.9. The maximum Gasteiger partial charge on any atom is 0.146 e. The Bertz CT molecular complexity index is 313. The third-order valence-corrected chi connectivity index (χ3v) is 5.62. The van der Waals surface area contributed by atoms with Crippen molar-refractivity contribution in [2.45, 2.75) is 117 Å². The van der Waals surface area contributed by atoms with Crippen LogP contribution >= 0.6 is 0 Å². The molecule has 0 radical (unpaired) electrons. The SMILES string of the molecule is CCCCCCCCCN(CCCCCCCCC)CC(=O)CCCN(C)C. The summed E-state index contributed by atoms with van der Waals surface area (Å²) >= 11 is 0. The number of hydrogen-bond donors (Lipinski definition) is 0. The summed E-state index contributed by atoms with van der Waals surface area (Å²) < 4.78 is 0. The summed E-state index contributed by atoms with van der Waals surface area (Å²) in [4.78, 5) is 17.0. The number of carbonyl (C=O) groups is 1. The number of nitrogens with zero attached hydrogens (tertiary/aromatic N) is 2. The molecular formula is C25H52N2O. The van der Waals surface area contributed by atoms with Crippen LogP contribution < -0.4 is 0 Å². The van der Waals surface area contributed by atoms with Crippen LogP contribution in [0, 0.1) is 0 Å². The minimum atomic E-state index is 0.438. The van der Waals surface area contributed by atoms with E-state index in [1.165, 1.54) is 89.9 Å². The van der Waals surface area contributed by atoms with Gasteiger partial charge in [0.2, 0.25) is 0 Å². The summed E-state index contributed by atoms with van der Waals surface area (Å²) in [5.74, 6) is 0.438. The highest BCUT2D eigenvalue weighted by atomic mass is 16.1. The van der Waals surface area contributed by atoms with E-state index in [0.29, 0.717) is 12.3 Å². The maximum atomic E-state index is 12.4. The Morgan fingerprint density at radius 3 is 1.43 bits per heavy atom. The third kappa shape index (κ3) is 20.3. The van der Waals surface area contributed by atoms with Gasteiger partial charge >= 0.3 is 0 Å². The van der Waals surface area contributed by atoms with E-state index in [1.807, 2.05) is 0 Å². The van der Waals surface area contributed by atoms with E-state index < -0.39 is 0 Å². The van der Waals surface area contributed by atoms with E-state index >= 15 is 0 Å². The summed E-state index contributed by atoms with van der Waals surface area (Å²) in [5, 5.41) is 0. The molecule has 28 heavy (non-hydrogen) atoms. The predicted octanol–water partition coefficient (Wildman–Crippen LogP) is 6.70. The van der Waals surface area contributed by atoms with Crippen LogP contribution in [-0.2, 0) is 4.79 Å². The molecule has 0 aromatic heterocycles. The van der Waals surface area contributed by atoms with E-state index in [2.05, 4.69) is 37.7 Å². The maximum absolute atomic E-state index is 12.4. The first-order valence-corrected chi connectivity index (χ1v) is 12.5. The molecule has 0 bridgehead atoms. The van der Waals surface area contributed by atoms with Gasteiger partial charge < -0.3 is 4.90 Å². The van der Waals surface area contributed by atoms with Crippen molar-refractivity contribution in [3.05, 3.63) is 0 Å². The first-order valence-electron chi connectivity index (χ1n) is 12.5. The van der Waals surface area contributed by atoms with Gasteiger partial charge in [-0.25, -0.2) is 0 Å². The normalized spacial score (nSPS) is 11.6. The molecule has 0 N–H and O–H groups in total. The predicted molar refractivity (Wildman–Crippen MR) is 125 cm³/mol. The lowest BCUT2D eigenvalue weighted by Gasteiger charge is -2.22. The highest BCUT2D eigenvalue weighted by molar-refractivity contribution is 5.80. The first kappa shape index (κ1) is 27.6. The molecule has 0 aliphatic carbocycles. The molecule has 0 aliphatic heterocycles. The van der Waals surface area contributed by atoms with Gasteiger partial charge in [0.25, 0.3) is 0 Å². The zero-order valence-electron chi connectivity index (χ0n) is 19.9. The van der Waals surface area contributed by atoms with Crippen molar-refractivity contribution in [1.82, 2.24) is 9.80 Å². The second kappa shape index (κ2) is 21.3. The lowest BCUT2D eigenvalue weighted by molar-refractivity contribution is -0.120. The summed E-state index contributed by atoms with van der Waals surface area (Å²) in [7, 11) is 4.16. The lowest BCUT2D eigenvalue weighted by atomic mass is 10.1. The van der Waals surface area contributed by atoms with Crippen molar-refractivity contribution in [1.29, 1.82) is 0 Å². The van der Waals surface area contributed by atoms with Crippen molar-refractivity contribution in [3.8, 4) is 0 Å². The van der Waals surface area contributed by atoms with Gasteiger partial charge in [0.15, 0.2) is 0 Å². The van der Waals surface area contributed by atoms with Crippen LogP contribution in [0.25, 0.3) is 0 Å². The molecular weight excluding hydrogens is 344 g/mol. The summed E-state index contributed by atoms with van der Waals surface area (Å²) in [6, 6.07) is 0. The second-order valence-electron chi connectivity index (χ2n) is 8.96. The molecule has 3 nitrogen and oxygen atoms in total. The van der Waals surface area contributed by atoms with Gasteiger partial charge in [-0.15, -0.1) is 0 Å². The van der Waals surface area contributed by atoms with Crippen LogP contribution in [0.2, 0.25) is 0 Å². The molecule has 0 spiro atoms. The monoisotopic (exact) mass is 396 g/mol. The smallest absolute Gasteiger partial charge is 0.146 e. The van der Waals surface area contributed by atoms with Crippen molar-refractivity contribution >= 4 is 5.78 Å². The lowest BCUT2D eigenvalue weighted by Crippen LogP contribution is -2.32. The fraction of sp³-hybridized carbons (Fsp3) is 0.960. The number of carbonyl (C=O) groups excluding carboxylic acids is 1. The quantitative estimate of drug-likeness (QED) is 0.190. The molecule has 0 fully saturated rings. The molecule has 0 unspecified atom stereocenters. The molecule has 0 rings (SSSR count). The third-order valence-electron chi connectivity index (χ3n) is 5.62. The molecule has 0 aliphatic rings. The molecule has 0 atom stereocenters. The summed E-state index contributed by atoms with van der Waals surface area (Å²) in [5.41, 5.74) is 0. The number of rotatable bonds is 22. The Morgan fingerprint density at radius 1 is 0.571 bits per heavy atom. The molecule has 0 saturated carbocycles. The minimum absolute atomic E-state index is 0.438. The Hall–Kier alpha value is -0.410. The van der Waals surface area contributed by atoms with Crippen LogP contribution in [0.1, 0.15) is 117 Å². The Balaban J connectivity index is 4.02. The zero-order valence-corrected chi connectivity index (χ0v) is 19.9. The molecule has 0 amide bonds.